The molecule has 1 aliphatic heterocycles. The highest BCUT2D eigenvalue weighted by atomic mass is 15.0. The molecule has 1 heterocycles. The van der Waals surface area contributed by atoms with Crippen molar-refractivity contribution in [2.24, 2.45) is 5.73 Å². The molecule has 2 nitrogen and oxygen atoms in total. The maximum absolute atomic E-state index is 6.92. The summed E-state index contributed by atoms with van der Waals surface area (Å²) in [6.45, 7) is 1.08. The summed E-state index contributed by atoms with van der Waals surface area (Å²) in [7, 11) is 0. The van der Waals surface area contributed by atoms with Crippen molar-refractivity contribution in [3.05, 3.63) is 59.7 Å². The van der Waals surface area contributed by atoms with Crippen molar-refractivity contribution in [1.82, 2.24) is 5.32 Å². The molecule has 1 aromatic rings. The van der Waals surface area contributed by atoms with Crippen LogP contribution in [-0.4, -0.2) is 12.6 Å². The lowest BCUT2D eigenvalue weighted by Crippen LogP contribution is -2.53. The summed E-state index contributed by atoms with van der Waals surface area (Å²) in [5.41, 5.74) is 9.01. The van der Waals surface area contributed by atoms with E-state index in [0.717, 1.165) is 25.8 Å². The number of hydrogen-bond donors (Lipinski definition) is 2. The predicted octanol–water partition coefficient (Wildman–Crippen LogP) is 2.87. The smallest absolute Gasteiger partial charge is 0.0818 e. The minimum atomic E-state index is -0.394. The molecule has 1 saturated heterocycles. The number of hydrogen-bond acceptors (Lipinski definition) is 2. The summed E-state index contributed by atoms with van der Waals surface area (Å²) in [5.74, 6) is 0. The van der Waals surface area contributed by atoms with Gasteiger partial charge in [0.2, 0.25) is 0 Å². The number of benzene rings is 1. The molecule has 0 aromatic heterocycles. The third-order valence-corrected chi connectivity index (χ3v) is 4.33. The highest BCUT2D eigenvalue weighted by Gasteiger charge is 2.40. The zero-order valence-corrected chi connectivity index (χ0v) is 11.3. The Labute approximate surface area is 115 Å². The summed E-state index contributed by atoms with van der Waals surface area (Å²) in [6, 6.07) is 10.9. The molecule has 0 radical (unpaired) electrons. The molecular formula is C17H22N2. The van der Waals surface area contributed by atoms with Crippen molar-refractivity contribution in [3.8, 4) is 0 Å². The lowest BCUT2D eigenvalue weighted by molar-refractivity contribution is 0.384. The van der Waals surface area contributed by atoms with E-state index < -0.39 is 5.54 Å². The van der Waals surface area contributed by atoms with Crippen LogP contribution in [0.3, 0.4) is 0 Å². The molecule has 3 rings (SSSR count). The summed E-state index contributed by atoms with van der Waals surface area (Å²) in [5, 5.41) is 3.59. The number of nitrogens with one attached hydrogen (secondary N) is 1. The van der Waals surface area contributed by atoms with Gasteiger partial charge in [0.25, 0.3) is 0 Å². The van der Waals surface area contributed by atoms with Gasteiger partial charge in [0.05, 0.1) is 5.54 Å². The van der Waals surface area contributed by atoms with Crippen LogP contribution in [-0.2, 0) is 5.54 Å². The first-order valence-corrected chi connectivity index (χ1v) is 7.27. The summed E-state index contributed by atoms with van der Waals surface area (Å²) >= 11 is 0. The lowest BCUT2D eigenvalue weighted by atomic mass is 9.75. The highest BCUT2D eigenvalue weighted by molar-refractivity contribution is 5.44. The largest absolute Gasteiger partial charge is 0.316 e. The quantitative estimate of drug-likeness (QED) is 0.870. The van der Waals surface area contributed by atoms with E-state index >= 15 is 0 Å². The van der Waals surface area contributed by atoms with Crippen LogP contribution >= 0.6 is 0 Å². The average molecular weight is 254 g/mol. The monoisotopic (exact) mass is 254 g/mol. The van der Waals surface area contributed by atoms with E-state index in [2.05, 4.69) is 53.9 Å². The number of rotatable bonds is 3. The van der Waals surface area contributed by atoms with Crippen LogP contribution < -0.4 is 11.1 Å². The Morgan fingerprint density at radius 3 is 2.63 bits per heavy atom. The Kier molecular flexibility index (Phi) is 3.54. The van der Waals surface area contributed by atoms with Crippen LogP contribution in [0.1, 0.15) is 31.2 Å². The molecule has 3 N–H and O–H groups in total. The van der Waals surface area contributed by atoms with Gasteiger partial charge in [-0.05, 0) is 43.4 Å². The zero-order chi connectivity index (χ0) is 13.1. The second kappa shape index (κ2) is 5.32. The highest BCUT2D eigenvalue weighted by Crippen LogP contribution is 2.36. The van der Waals surface area contributed by atoms with Gasteiger partial charge in [0.1, 0.15) is 0 Å². The maximum Gasteiger partial charge on any atom is 0.0818 e. The van der Waals surface area contributed by atoms with Gasteiger partial charge in [0, 0.05) is 6.04 Å². The van der Waals surface area contributed by atoms with Gasteiger partial charge in [-0.2, -0.15) is 0 Å². The average Bonchev–Trinajstić information content (AvgIpc) is 3.03. The molecule has 1 aliphatic carbocycles. The maximum atomic E-state index is 6.92. The van der Waals surface area contributed by atoms with E-state index in [1.54, 1.807) is 0 Å². The van der Waals surface area contributed by atoms with Crippen LogP contribution in [0.5, 0.6) is 0 Å². The second-order valence-electron chi connectivity index (χ2n) is 5.52. The fourth-order valence-electron chi connectivity index (χ4n) is 3.28. The molecular weight excluding hydrogens is 232 g/mol. The van der Waals surface area contributed by atoms with Gasteiger partial charge in [-0.25, -0.2) is 0 Å². The van der Waals surface area contributed by atoms with Crippen molar-refractivity contribution in [2.75, 3.05) is 6.54 Å². The van der Waals surface area contributed by atoms with E-state index in [-0.39, 0.29) is 0 Å². The van der Waals surface area contributed by atoms with Crippen LogP contribution in [0.4, 0.5) is 0 Å². The number of allylic oxidation sites excluding steroid dienone is 2. The third-order valence-electron chi connectivity index (χ3n) is 4.33. The molecule has 19 heavy (non-hydrogen) atoms. The van der Waals surface area contributed by atoms with Crippen LogP contribution in [0, 0.1) is 0 Å². The first-order chi connectivity index (χ1) is 9.32. The van der Waals surface area contributed by atoms with Gasteiger partial charge >= 0.3 is 0 Å². The molecule has 0 spiro atoms. The van der Waals surface area contributed by atoms with Crippen molar-refractivity contribution < 1.29 is 0 Å². The molecule has 2 aliphatic rings. The standard InChI is InChI=1S/C17H22N2/c18-17(16-12-7-13-19-16,14-8-3-1-4-9-14)15-10-5-2-6-11-15/h1,3-5,8-11,16,19H,2,6-7,12-13,18H2. The molecule has 100 valence electrons. The molecule has 0 saturated carbocycles. The third kappa shape index (κ3) is 2.26. The predicted molar refractivity (Wildman–Crippen MR) is 79.8 cm³/mol. The first kappa shape index (κ1) is 12.6. The van der Waals surface area contributed by atoms with Crippen molar-refractivity contribution in [3.63, 3.8) is 0 Å². The molecule has 2 unspecified atom stereocenters. The van der Waals surface area contributed by atoms with Gasteiger partial charge in [-0.3, -0.25) is 0 Å². The van der Waals surface area contributed by atoms with E-state index in [4.69, 9.17) is 5.73 Å². The van der Waals surface area contributed by atoms with E-state index in [1.165, 1.54) is 17.6 Å². The fourth-order valence-corrected chi connectivity index (χ4v) is 3.28. The Bertz CT molecular complexity index is 483. The summed E-state index contributed by atoms with van der Waals surface area (Å²) < 4.78 is 0. The van der Waals surface area contributed by atoms with Gasteiger partial charge in [0.15, 0.2) is 0 Å². The Hall–Kier alpha value is -1.38. The van der Waals surface area contributed by atoms with Crippen LogP contribution in [0.25, 0.3) is 0 Å². The zero-order valence-electron chi connectivity index (χ0n) is 11.3. The summed E-state index contributed by atoms with van der Waals surface area (Å²) in [4.78, 5) is 0. The normalized spacial score (nSPS) is 25.9. The SMILES string of the molecule is NC(C1=CCCC=C1)(c1ccccc1)C1CCCN1. The second-order valence-corrected chi connectivity index (χ2v) is 5.52. The molecule has 0 bridgehead atoms. The molecule has 2 heteroatoms. The van der Waals surface area contributed by atoms with Gasteiger partial charge in [-0.15, -0.1) is 0 Å². The molecule has 1 fully saturated rings. The topological polar surface area (TPSA) is 38.0 Å². The molecule has 2 atom stereocenters. The Balaban J connectivity index is 2.04. The van der Waals surface area contributed by atoms with E-state index in [0.29, 0.717) is 6.04 Å². The lowest BCUT2D eigenvalue weighted by Gasteiger charge is -2.38. The van der Waals surface area contributed by atoms with Gasteiger partial charge in [-0.1, -0.05) is 48.6 Å². The van der Waals surface area contributed by atoms with E-state index in [9.17, 15) is 0 Å². The Morgan fingerprint density at radius 2 is 2.00 bits per heavy atom. The van der Waals surface area contributed by atoms with E-state index in [1.807, 2.05) is 0 Å². The van der Waals surface area contributed by atoms with Crippen molar-refractivity contribution >= 4 is 0 Å². The van der Waals surface area contributed by atoms with Crippen LogP contribution in [0.15, 0.2) is 54.1 Å². The van der Waals surface area contributed by atoms with Crippen LogP contribution in [0.2, 0.25) is 0 Å². The molecule has 0 amide bonds. The Morgan fingerprint density at radius 1 is 1.16 bits per heavy atom. The minimum absolute atomic E-state index is 0.337. The van der Waals surface area contributed by atoms with Crippen molar-refractivity contribution in [2.45, 2.75) is 37.3 Å². The first-order valence-electron chi connectivity index (χ1n) is 7.27. The number of nitrogens with two attached hydrogens (primary N) is 1. The van der Waals surface area contributed by atoms with Crippen molar-refractivity contribution in [1.29, 1.82) is 0 Å². The fraction of sp³-hybridized carbons (Fsp3) is 0.412. The molecule has 1 aromatic carbocycles. The minimum Gasteiger partial charge on any atom is -0.316 e. The van der Waals surface area contributed by atoms with Gasteiger partial charge < -0.3 is 11.1 Å². The summed E-state index contributed by atoms with van der Waals surface area (Å²) in [6.07, 6.45) is 11.4.